The minimum Gasteiger partial charge on any atom is -0.382 e. The minimum absolute atomic E-state index is 0.314. The van der Waals surface area contributed by atoms with E-state index in [1.807, 2.05) is 24.3 Å². The Labute approximate surface area is 114 Å². The number of nitrogens with one attached hydrogen (secondary N) is 1. The quantitative estimate of drug-likeness (QED) is 0.863. The number of nitrogens with zero attached hydrogens (tertiary/aromatic N) is 2. The fourth-order valence-corrected chi connectivity index (χ4v) is 2.25. The van der Waals surface area contributed by atoms with Gasteiger partial charge in [0.05, 0.1) is 11.4 Å². The zero-order valence-electron chi connectivity index (χ0n) is 10.5. The molecule has 0 radical (unpaired) electrons. The first-order chi connectivity index (χ1) is 9.55. The van der Waals surface area contributed by atoms with Gasteiger partial charge in [-0.2, -0.15) is 13.2 Å². The third kappa shape index (κ3) is 2.29. The van der Waals surface area contributed by atoms with Crippen molar-refractivity contribution < 1.29 is 13.2 Å². The molecule has 0 aliphatic carbocycles. The van der Waals surface area contributed by atoms with Crippen LogP contribution in [0.25, 0.3) is 0 Å². The number of pyridine rings is 1. The summed E-state index contributed by atoms with van der Waals surface area (Å²) in [6.07, 6.45) is -4.43. The molecule has 3 rings (SSSR count). The zero-order valence-corrected chi connectivity index (χ0v) is 10.5. The lowest BCUT2D eigenvalue weighted by atomic mass is 10.2. The Morgan fingerprint density at radius 2 is 1.85 bits per heavy atom. The third-order valence-corrected chi connectivity index (χ3v) is 3.15. The molecule has 1 N–H and O–H groups in total. The molecular formula is C14H12F3N3. The van der Waals surface area contributed by atoms with Gasteiger partial charge in [0.15, 0.2) is 0 Å². The van der Waals surface area contributed by atoms with Gasteiger partial charge in [-0.25, -0.2) is 4.98 Å². The second kappa shape index (κ2) is 4.70. The SMILES string of the molecule is FC(F)(F)c1cccc(N2CCNc3ccccc32)n1. The Morgan fingerprint density at radius 1 is 1.05 bits per heavy atom. The molecule has 20 heavy (non-hydrogen) atoms. The molecule has 0 amide bonds. The molecule has 0 bridgehead atoms. The van der Waals surface area contributed by atoms with Crippen molar-refractivity contribution in [2.24, 2.45) is 0 Å². The van der Waals surface area contributed by atoms with E-state index in [4.69, 9.17) is 0 Å². The molecule has 1 aliphatic rings. The fraction of sp³-hybridized carbons (Fsp3) is 0.214. The molecule has 1 aromatic carbocycles. The highest BCUT2D eigenvalue weighted by atomic mass is 19.4. The van der Waals surface area contributed by atoms with Crippen molar-refractivity contribution in [1.29, 1.82) is 0 Å². The van der Waals surface area contributed by atoms with Crippen LogP contribution in [-0.2, 0) is 6.18 Å². The van der Waals surface area contributed by atoms with E-state index in [0.29, 0.717) is 18.9 Å². The summed E-state index contributed by atoms with van der Waals surface area (Å²) in [5.41, 5.74) is 0.870. The van der Waals surface area contributed by atoms with E-state index in [1.165, 1.54) is 6.07 Å². The number of para-hydroxylation sites is 2. The summed E-state index contributed by atoms with van der Waals surface area (Å²) >= 11 is 0. The lowest BCUT2D eigenvalue weighted by Gasteiger charge is -2.31. The molecule has 2 heterocycles. The van der Waals surface area contributed by atoms with E-state index < -0.39 is 11.9 Å². The largest absolute Gasteiger partial charge is 0.433 e. The third-order valence-electron chi connectivity index (χ3n) is 3.15. The van der Waals surface area contributed by atoms with Crippen molar-refractivity contribution in [3.8, 4) is 0 Å². The van der Waals surface area contributed by atoms with Crippen LogP contribution in [0.4, 0.5) is 30.4 Å². The first-order valence-corrected chi connectivity index (χ1v) is 6.20. The van der Waals surface area contributed by atoms with E-state index in [0.717, 1.165) is 17.4 Å². The van der Waals surface area contributed by atoms with Gasteiger partial charge in [0.25, 0.3) is 0 Å². The fourth-order valence-electron chi connectivity index (χ4n) is 2.25. The van der Waals surface area contributed by atoms with Crippen LogP contribution in [0.15, 0.2) is 42.5 Å². The average molecular weight is 279 g/mol. The van der Waals surface area contributed by atoms with Crippen LogP contribution in [0.2, 0.25) is 0 Å². The molecule has 1 aliphatic heterocycles. The van der Waals surface area contributed by atoms with Crippen LogP contribution in [0.1, 0.15) is 5.69 Å². The van der Waals surface area contributed by atoms with Crippen molar-refractivity contribution in [1.82, 2.24) is 4.98 Å². The molecule has 2 aromatic rings. The van der Waals surface area contributed by atoms with Crippen molar-refractivity contribution in [3.63, 3.8) is 0 Å². The van der Waals surface area contributed by atoms with Gasteiger partial charge < -0.3 is 10.2 Å². The molecular weight excluding hydrogens is 267 g/mol. The molecule has 1 aromatic heterocycles. The first kappa shape index (κ1) is 12.8. The molecule has 0 atom stereocenters. The zero-order chi connectivity index (χ0) is 14.2. The smallest absolute Gasteiger partial charge is 0.382 e. The van der Waals surface area contributed by atoms with E-state index in [-0.39, 0.29) is 0 Å². The van der Waals surface area contributed by atoms with Gasteiger partial charge >= 0.3 is 6.18 Å². The number of benzene rings is 1. The monoisotopic (exact) mass is 279 g/mol. The van der Waals surface area contributed by atoms with E-state index in [1.54, 1.807) is 11.0 Å². The number of alkyl halides is 3. The number of hydrogen-bond acceptors (Lipinski definition) is 3. The lowest BCUT2D eigenvalue weighted by molar-refractivity contribution is -0.141. The summed E-state index contributed by atoms with van der Waals surface area (Å²) in [7, 11) is 0. The molecule has 3 nitrogen and oxygen atoms in total. The van der Waals surface area contributed by atoms with Gasteiger partial charge in [-0.15, -0.1) is 0 Å². The Balaban J connectivity index is 2.03. The predicted molar refractivity (Wildman–Crippen MR) is 71.2 cm³/mol. The molecule has 6 heteroatoms. The molecule has 0 fully saturated rings. The minimum atomic E-state index is -4.43. The number of fused-ring (bicyclic) bond motifs is 1. The highest BCUT2D eigenvalue weighted by Crippen LogP contribution is 2.35. The molecule has 0 spiro atoms. The summed E-state index contributed by atoms with van der Waals surface area (Å²) in [6.45, 7) is 1.24. The van der Waals surface area contributed by atoms with Crippen molar-refractivity contribution in [2.45, 2.75) is 6.18 Å². The average Bonchev–Trinajstić information content (AvgIpc) is 2.46. The maximum absolute atomic E-state index is 12.7. The van der Waals surface area contributed by atoms with E-state index in [2.05, 4.69) is 10.3 Å². The molecule has 0 unspecified atom stereocenters. The lowest BCUT2D eigenvalue weighted by Crippen LogP contribution is -2.31. The standard InChI is InChI=1S/C14H12F3N3/c15-14(16,17)12-6-3-7-13(19-12)20-9-8-18-10-4-1-2-5-11(10)20/h1-7,18H,8-9H2. The van der Waals surface area contributed by atoms with Gasteiger partial charge in [-0.05, 0) is 24.3 Å². The van der Waals surface area contributed by atoms with Crippen molar-refractivity contribution >= 4 is 17.2 Å². The first-order valence-electron chi connectivity index (χ1n) is 6.20. The number of aromatic nitrogens is 1. The Kier molecular flexibility index (Phi) is 3.00. The van der Waals surface area contributed by atoms with E-state index in [9.17, 15) is 13.2 Å². The number of hydrogen-bond donors (Lipinski definition) is 1. The van der Waals surface area contributed by atoms with Gasteiger partial charge in [-0.1, -0.05) is 18.2 Å². The van der Waals surface area contributed by atoms with Gasteiger partial charge in [0.2, 0.25) is 0 Å². The van der Waals surface area contributed by atoms with Gasteiger partial charge in [0, 0.05) is 13.1 Å². The van der Waals surface area contributed by atoms with Crippen LogP contribution in [-0.4, -0.2) is 18.1 Å². The second-order valence-corrected chi connectivity index (χ2v) is 4.47. The maximum Gasteiger partial charge on any atom is 0.433 e. The van der Waals surface area contributed by atoms with Crippen molar-refractivity contribution in [3.05, 3.63) is 48.2 Å². The summed E-state index contributed by atoms with van der Waals surface area (Å²) in [5, 5.41) is 3.22. The Hall–Kier alpha value is -2.24. The number of halogens is 3. The van der Waals surface area contributed by atoms with Crippen LogP contribution in [0, 0.1) is 0 Å². The maximum atomic E-state index is 12.7. The Bertz CT molecular complexity index is 625. The van der Waals surface area contributed by atoms with E-state index >= 15 is 0 Å². The molecule has 104 valence electrons. The van der Waals surface area contributed by atoms with Crippen LogP contribution < -0.4 is 10.2 Å². The number of anilines is 3. The van der Waals surface area contributed by atoms with Crippen LogP contribution >= 0.6 is 0 Å². The predicted octanol–water partition coefficient (Wildman–Crippen LogP) is 3.66. The highest BCUT2D eigenvalue weighted by molar-refractivity contribution is 5.77. The van der Waals surface area contributed by atoms with Crippen LogP contribution in [0.5, 0.6) is 0 Å². The summed E-state index contributed by atoms with van der Waals surface area (Å²) in [6, 6.07) is 11.5. The summed E-state index contributed by atoms with van der Waals surface area (Å²) in [4.78, 5) is 5.53. The number of rotatable bonds is 1. The summed E-state index contributed by atoms with van der Waals surface area (Å²) in [5.74, 6) is 0.314. The normalized spacial score (nSPS) is 14.7. The second-order valence-electron chi connectivity index (χ2n) is 4.47. The molecule has 0 saturated heterocycles. The topological polar surface area (TPSA) is 28.2 Å². The highest BCUT2D eigenvalue weighted by Gasteiger charge is 2.33. The van der Waals surface area contributed by atoms with Gasteiger partial charge in [0.1, 0.15) is 11.5 Å². The Morgan fingerprint density at radius 3 is 2.65 bits per heavy atom. The van der Waals surface area contributed by atoms with Crippen molar-refractivity contribution in [2.75, 3.05) is 23.3 Å². The van der Waals surface area contributed by atoms with Gasteiger partial charge in [-0.3, -0.25) is 0 Å². The van der Waals surface area contributed by atoms with Crippen LogP contribution in [0.3, 0.4) is 0 Å². The summed E-state index contributed by atoms with van der Waals surface area (Å²) < 4.78 is 38.2. The molecule has 0 saturated carbocycles.